The molecule has 0 spiro atoms. The molecule has 1 aliphatic rings. The maximum atomic E-state index is 14.5. The lowest BCUT2D eigenvalue weighted by molar-refractivity contribution is -0.121. The van der Waals surface area contributed by atoms with Gasteiger partial charge in [0.1, 0.15) is 11.9 Å². The number of nitrogens with zero attached hydrogens (tertiary/aromatic N) is 7. The first kappa shape index (κ1) is 19.9. The molecule has 1 aliphatic heterocycles. The van der Waals surface area contributed by atoms with E-state index in [0.717, 1.165) is 0 Å². The summed E-state index contributed by atoms with van der Waals surface area (Å²) in [6.07, 6.45) is 2.50. The Labute approximate surface area is 172 Å². The Bertz CT molecular complexity index is 1080. The number of methoxy groups -OCH3 is 1. The van der Waals surface area contributed by atoms with E-state index >= 15 is 0 Å². The Morgan fingerprint density at radius 3 is 2.87 bits per heavy atom. The van der Waals surface area contributed by atoms with Crippen LogP contribution in [0.15, 0.2) is 12.5 Å². The summed E-state index contributed by atoms with van der Waals surface area (Å²) in [5.41, 5.74) is 1.79. The molecule has 30 heavy (non-hydrogen) atoms. The molecule has 0 aliphatic carbocycles. The van der Waals surface area contributed by atoms with Crippen LogP contribution < -0.4 is 20.3 Å². The van der Waals surface area contributed by atoms with Crippen LogP contribution in [0.2, 0.25) is 0 Å². The number of rotatable bonds is 6. The summed E-state index contributed by atoms with van der Waals surface area (Å²) in [4.78, 5) is 27.0. The van der Waals surface area contributed by atoms with Gasteiger partial charge in [0.15, 0.2) is 17.0 Å². The highest BCUT2D eigenvalue weighted by atomic mass is 19.1. The number of aryl methyl sites for hydroxylation is 2. The van der Waals surface area contributed by atoms with Crippen LogP contribution in [-0.4, -0.2) is 67.6 Å². The number of hydrogen-bond donors (Lipinski definition) is 2. The van der Waals surface area contributed by atoms with Gasteiger partial charge in [0, 0.05) is 27.1 Å². The van der Waals surface area contributed by atoms with Crippen LogP contribution in [-0.2, 0) is 18.9 Å². The predicted molar refractivity (Wildman–Crippen MR) is 109 cm³/mol. The summed E-state index contributed by atoms with van der Waals surface area (Å²) in [6, 6.07) is -0.599. The van der Waals surface area contributed by atoms with Gasteiger partial charge in [0.2, 0.25) is 11.9 Å². The monoisotopic (exact) mass is 417 g/mol. The maximum absolute atomic E-state index is 14.5. The van der Waals surface area contributed by atoms with Gasteiger partial charge in [-0.25, -0.2) is 9.37 Å². The molecule has 0 aromatic carbocycles. The van der Waals surface area contributed by atoms with Crippen LogP contribution in [0, 0.1) is 0 Å². The molecular weight excluding hydrogens is 393 g/mol. The molecule has 2 N–H and O–H groups in total. The van der Waals surface area contributed by atoms with Crippen LogP contribution in [0.1, 0.15) is 13.3 Å². The van der Waals surface area contributed by atoms with Crippen molar-refractivity contribution in [2.75, 3.05) is 30.4 Å². The van der Waals surface area contributed by atoms with Gasteiger partial charge in [-0.2, -0.15) is 9.97 Å². The molecule has 0 bridgehead atoms. The zero-order valence-electron chi connectivity index (χ0n) is 17.3. The van der Waals surface area contributed by atoms with E-state index in [2.05, 4.69) is 30.7 Å². The van der Waals surface area contributed by atoms with Gasteiger partial charge in [0.05, 0.1) is 32.2 Å². The highest BCUT2D eigenvalue weighted by Crippen LogP contribution is 2.30. The quantitative estimate of drug-likeness (QED) is 0.608. The second-order valence-electron chi connectivity index (χ2n) is 7.20. The zero-order valence-corrected chi connectivity index (χ0v) is 17.3. The summed E-state index contributed by atoms with van der Waals surface area (Å²) in [6.45, 7) is 2.11. The largest absolute Gasteiger partial charge is 0.478 e. The van der Waals surface area contributed by atoms with Gasteiger partial charge in [-0.05, 0) is 0 Å². The first-order chi connectivity index (χ1) is 14.4. The topological polar surface area (TPSA) is 115 Å². The summed E-state index contributed by atoms with van der Waals surface area (Å²) < 4.78 is 23.2. The number of nitrogens with one attached hydrogen (secondary N) is 2. The van der Waals surface area contributed by atoms with E-state index < -0.39 is 12.2 Å². The molecule has 3 aromatic rings. The minimum atomic E-state index is -1.21. The SMILES string of the molecule is CCC(=O)N[C@@H]1CN(c2nc(Nc3cn(C)nc3OC)c3ncn(C)c3n2)C[C@H]1F. The molecule has 0 unspecified atom stereocenters. The third kappa shape index (κ3) is 3.60. The zero-order chi connectivity index (χ0) is 21.4. The average Bonchev–Trinajstić information content (AvgIpc) is 3.39. The number of carbonyl (C=O) groups is 1. The molecule has 1 amide bonds. The van der Waals surface area contributed by atoms with Crippen molar-refractivity contribution in [1.29, 1.82) is 0 Å². The minimum absolute atomic E-state index is 0.0909. The van der Waals surface area contributed by atoms with Crippen LogP contribution in [0.4, 0.5) is 21.8 Å². The molecule has 12 heteroatoms. The summed E-state index contributed by atoms with van der Waals surface area (Å²) in [5, 5.41) is 10.2. The van der Waals surface area contributed by atoms with Gasteiger partial charge in [-0.3, -0.25) is 9.48 Å². The Morgan fingerprint density at radius 1 is 1.33 bits per heavy atom. The fraction of sp³-hybridized carbons (Fsp3) is 0.500. The van der Waals surface area contributed by atoms with E-state index in [1.54, 1.807) is 40.6 Å². The lowest BCUT2D eigenvalue weighted by Crippen LogP contribution is -2.41. The van der Waals surface area contributed by atoms with E-state index in [4.69, 9.17) is 4.74 Å². The van der Waals surface area contributed by atoms with E-state index in [9.17, 15) is 9.18 Å². The number of hydrogen-bond acceptors (Lipinski definition) is 8. The lowest BCUT2D eigenvalue weighted by atomic mass is 10.2. The summed E-state index contributed by atoms with van der Waals surface area (Å²) >= 11 is 0. The van der Waals surface area contributed by atoms with Crippen molar-refractivity contribution >= 4 is 34.5 Å². The fourth-order valence-electron chi connectivity index (χ4n) is 3.43. The van der Waals surface area contributed by atoms with Gasteiger partial charge < -0.3 is 24.8 Å². The number of imidazole rings is 1. The standard InChI is InChI=1S/C18H24FN9O2/c1-5-13(29)21-11-8-28(6-10(11)19)18-23-15(14-16(24-18)26(2)9-20-14)22-12-7-27(3)25-17(12)30-4/h7,9-11H,5-6,8H2,1-4H3,(H,21,29)(H,22,23,24)/t10-,11-/m1/s1. The first-order valence-corrected chi connectivity index (χ1v) is 9.61. The first-order valence-electron chi connectivity index (χ1n) is 9.61. The molecule has 2 atom stereocenters. The van der Waals surface area contributed by atoms with Crippen molar-refractivity contribution in [2.24, 2.45) is 14.1 Å². The third-order valence-corrected chi connectivity index (χ3v) is 4.99. The van der Waals surface area contributed by atoms with Crippen LogP contribution in [0.5, 0.6) is 5.88 Å². The highest BCUT2D eigenvalue weighted by molar-refractivity contribution is 5.87. The number of carbonyl (C=O) groups excluding carboxylic acids is 1. The van der Waals surface area contributed by atoms with Gasteiger partial charge in [0.25, 0.3) is 5.88 Å². The van der Waals surface area contributed by atoms with Crippen molar-refractivity contribution in [1.82, 2.24) is 34.6 Å². The van der Waals surface area contributed by atoms with Crippen molar-refractivity contribution in [3.63, 3.8) is 0 Å². The van der Waals surface area contributed by atoms with Gasteiger partial charge in [-0.15, -0.1) is 5.10 Å². The lowest BCUT2D eigenvalue weighted by Gasteiger charge is -2.17. The molecular formula is C18H24FN9O2. The number of alkyl halides is 1. The molecule has 4 rings (SSSR count). The summed E-state index contributed by atoms with van der Waals surface area (Å²) in [7, 11) is 5.14. The second kappa shape index (κ2) is 7.76. The second-order valence-corrected chi connectivity index (χ2v) is 7.20. The van der Waals surface area contributed by atoms with E-state index in [1.165, 1.54) is 7.11 Å². The minimum Gasteiger partial charge on any atom is -0.478 e. The predicted octanol–water partition coefficient (Wildman–Crippen LogP) is 0.902. The summed E-state index contributed by atoms with van der Waals surface area (Å²) in [5.74, 6) is 1.04. The Hall–Kier alpha value is -3.44. The normalized spacial score (nSPS) is 18.8. The van der Waals surface area contributed by atoms with Crippen molar-refractivity contribution in [2.45, 2.75) is 25.6 Å². The number of ether oxygens (including phenoxy) is 1. The van der Waals surface area contributed by atoms with E-state index in [1.807, 2.05) is 7.05 Å². The molecule has 0 radical (unpaired) electrons. The van der Waals surface area contributed by atoms with Crippen molar-refractivity contribution in [3.8, 4) is 5.88 Å². The number of fused-ring (bicyclic) bond motifs is 1. The van der Waals surface area contributed by atoms with Crippen LogP contribution in [0.3, 0.4) is 0 Å². The number of halogens is 1. The third-order valence-electron chi connectivity index (χ3n) is 4.99. The number of aromatic nitrogens is 6. The number of amides is 1. The molecule has 3 aromatic heterocycles. The molecule has 160 valence electrons. The Balaban J connectivity index is 1.68. The molecule has 11 nitrogen and oxygen atoms in total. The molecule has 1 fully saturated rings. The van der Waals surface area contributed by atoms with E-state index in [0.29, 0.717) is 40.9 Å². The van der Waals surface area contributed by atoms with Gasteiger partial charge in [-0.1, -0.05) is 6.92 Å². The van der Waals surface area contributed by atoms with E-state index in [-0.39, 0.29) is 19.0 Å². The highest BCUT2D eigenvalue weighted by Gasteiger charge is 2.35. The van der Waals surface area contributed by atoms with Crippen LogP contribution in [0.25, 0.3) is 11.2 Å². The van der Waals surface area contributed by atoms with Crippen molar-refractivity contribution in [3.05, 3.63) is 12.5 Å². The van der Waals surface area contributed by atoms with Crippen molar-refractivity contribution < 1.29 is 13.9 Å². The average molecular weight is 417 g/mol. The molecule has 0 saturated carbocycles. The number of anilines is 3. The molecule has 4 heterocycles. The van der Waals surface area contributed by atoms with Gasteiger partial charge >= 0.3 is 0 Å². The Morgan fingerprint density at radius 2 is 2.13 bits per heavy atom. The fourth-order valence-corrected chi connectivity index (χ4v) is 3.43. The Kier molecular flexibility index (Phi) is 5.14. The maximum Gasteiger partial charge on any atom is 0.256 e. The smallest absolute Gasteiger partial charge is 0.256 e. The molecule has 1 saturated heterocycles. The van der Waals surface area contributed by atoms with Crippen LogP contribution >= 0.6 is 0 Å².